The number of hydrogen-bond acceptors (Lipinski definition) is 5. The summed E-state index contributed by atoms with van der Waals surface area (Å²) in [4.78, 5) is 0. The maximum atomic E-state index is 6.18. The fourth-order valence-electron chi connectivity index (χ4n) is 2.56. The highest BCUT2D eigenvalue weighted by molar-refractivity contribution is 8.07. The molecule has 0 amide bonds. The number of nitrogens with two attached hydrogens (primary N) is 1. The Kier molecular flexibility index (Phi) is 4.52. The zero-order valence-corrected chi connectivity index (χ0v) is 13.5. The molecule has 2 aromatic rings. The first-order chi connectivity index (χ1) is 9.70. The summed E-state index contributed by atoms with van der Waals surface area (Å²) >= 11 is 10.1. The third-order valence-electron chi connectivity index (χ3n) is 3.57. The Morgan fingerprint density at radius 2 is 2.20 bits per heavy atom. The van der Waals surface area contributed by atoms with E-state index in [1.165, 1.54) is 5.75 Å². The Balaban J connectivity index is 1.96. The number of furan rings is 1. The monoisotopic (exact) mass is 328 g/mol. The van der Waals surface area contributed by atoms with Crippen LogP contribution in [-0.2, 0) is 0 Å². The van der Waals surface area contributed by atoms with E-state index in [2.05, 4.69) is 12.3 Å². The molecule has 6 heteroatoms. The summed E-state index contributed by atoms with van der Waals surface area (Å²) in [5, 5.41) is 2.61. The second-order valence-corrected chi connectivity index (χ2v) is 8.04. The average molecular weight is 329 g/mol. The lowest BCUT2D eigenvalue weighted by Gasteiger charge is -2.32. The topological polar surface area (TPSA) is 51.2 Å². The molecule has 0 saturated carbocycles. The molecule has 1 aromatic heterocycles. The minimum Gasteiger partial charge on any atom is -0.458 e. The van der Waals surface area contributed by atoms with Crippen molar-refractivity contribution in [3.05, 3.63) is 35.0 Å². The molecule has 1 aromatic carbocycles. The van der Waals surface area contributed by atoms with E-state index in [9.17, 15) is 0 Å². The van der Waals surface area contributed by atoms with E-state index in [1.54, 1.807) is 0 Å². The average Bonchev–Trinajstić information content (AvgIpc) is 2.87. The van der Waals surface area contributed by atoms with E-state index < -0.39 is 0 Å². The molecule has 0 spiro atoms. The number of hydrazine groups is 1. The molecular formula is C14H17ClN2OS2. The Labute approximate surface area is 132 Å². The molecule has 3 unspecified atom stereocenters. The summed E-state index contributed by atoms with van der Waals surface area (Å²) in [6.07, 6.45) is 0. The first-order valence-electron chi connectivity index (χ1n) is 6.58. The number of fused-ring (bicyclic) bond motifs is 1. The predicted octanol–water partition coefficient (Wildman–Crippen LogP) is 3.83. The van der Waals surface area contributed by atoms with Crippen LogP contribution in [0.5, 0.6) is 0 Å². The Morgan fingerprint density at radius 3 is 2.90 bits per heavy atom. The quantitative estimate of drug-likeness (QED) is 0.662. The molecule has 3 nitrogen and oxygen atoms in total. The van der Waals surface area contributed by atoms with Crippen molar-refractivity contribution in [3.63, 3.8) is 0 Å². The fourth-order valence-corrected chi connectivity index (χ4v) is 5.68. The first-order valence-corrected chi connectivity index (χ1v) is 9.05. The maximum Gasteiger partial charge on any atom is 0.152 e. The zero-order chi connectivity index (χ0) is 14.1. The molecular weight excluding hydrogens is 312 g/mol. The summed E-state index contributed by atoms with van der Waals surface area (Å²) in [6, 6.07) is 7.83. The third-order valence-corrected chi connectivity index (χ3v) is 7.06. The minimum absolute atomic E-state index is 0.00580. The van der Waals surface area contributed by atoms with Gasteiger partial charge in [0.2, 0.25) is 0 Å². The van der Waals surface area contributed by atoms with Gasteiger partial charge in [0.15, 0.2) is 5.58 Å². The van der Waals surface area contributed by atoms with Gasteiger partial charge in [-0.25, -0.2) is 5.43 Å². The number of rotatable bonds is 3. The number of benzene rings is 1. The van der Waals surface area contributed by atoms with Gasteiger partial charge in [-0.15, -0.1) is 0 Å². The lowest BCUT2D eigenvalue weighted by Crippen LogP contribution is -2.40. The minimum atomic E-state index is 0.00580. The van der Waals surface area contributed by atoms with Crippen molar-refractivity contribution in [2.75, 3.05) is 11.5 Å². The molecule has 1 saturated heterocycles. The highest BCUT2D eigenvalue weighted by Crippen LogP contribution is 2.40. The van der Waals surface area contributed by atoms with Gasteiger partial charge in [-0.2, -0.15) is 23.5 Å². The van der Waals surface area contributed by atoms with Crippen LogP contribution in [0.4, 0.5) is 0 Å². The Hall–Kier alpha value is -0.330. The molecule has 0 radical (unpaired) electrons. The van der Waals surface area contributed by atoms with E-state index in [0.29, 0.717) is 15.5 Å². The van der Waals surface area contributed by atoms with E-state index in [1.807, 2.05) is 47.8 Å². The molecule has 2 heterocycles. The van der Waals surface area contributed by atoms with E-state index in [0.717, 1.165) is 22.5 Å². The summed E-state index contributed by atoms with van der Waals surface area (Å²) in [5.74, 6) is 9.01. The summed E-state index contributed by atoms with van der Waals surface area (Å²) in [7, 11) is 0. The molecule has 3 atom stereocenters. The van der Waals surface area contributed by atoms with Gasteiger partial charge < -0.3 is 4.42 Å². The van der Waals surface area contributed by atoms with Crippen molar-refractivity contribution in [2.45, 2.75) is 23.5 Å². The normalized spacial score (nSPS) is 24.9. The second-order valence-electron chi connectivity index (χ2n) is 4.86. The molecule has 1 aliphatic heterocycles. The smallest absolute Gasteiger partial charge is 0.152 e. The van der Waals surface area contributed by atoms with Crippen LogP contribution in [0, 0.1) is 0 Å². The SMILES string of the molecule is CC1SCCSC1C(NN)c1cc2cccc(Cl)c2o1. The van der Waals surface area contributed by atoms with Gasteiger partial charge in [0, 0.05) is 27.4 Å². The molecule has 1 fully saturated rings. The van der Waals surface area contributed by atoms with Gasteiger partial charge in [-0.3, -0.25) is 5.84 Å². The summed E-state index contributed by atoms with van der Waals surface area (Å²) in [5.41, 5.74) is 3.67. The van der Waals surface area contributed by atoms with Crippen molar-refractivity contribution in [1.29, 1.82) is 0 Å². The van der Waals surface area contributed by atoms with Gasteiger partial charge in [-0.1, -0.05) is 30.7 Å². The van der Waals surface area contributed by atoms with E-state index >= 15 is 0 Å². The summed E-state index contributed by atoms with van der Waals surface area (Å²) < 4.78 is 5.96. The van der Waals surface area contributed by atoms with Gasteiger partial charge in [0.05, 0.1) is 11.1 Å². The van der Waals surface area contributed by atoms with Crippen molar-refractivity contribution in [2.24, 2.45) is 5.84 Å². The van der Waals surface area contributed by atoms with Crippen LogP contribution in [0.25, 0.3) is 11.0 Å². The van der Waals surface area contributed by atoms with Crippen molar-refractivity contribution < 1.29 is 4.42 Å². The van der Waals surface area contributed by atoms with Gasteiger partial charge >= 0.3 is 0 Å². The Bertz CT molecular complexity index is 604. The van der Waals surface area contributed by atoms with Crippen molar-refractivity contribution in [3.8, 4) is 0 Å². The molecule has 108 valence electrons. The van der Waals surface area contributed by atoms with Gasteiger partial charge in [0.25, 0.3) is 0 Å². The number of thioether (sulfide) groups is 2. The van der Waals surface area contributed by atoms with Gasteiger partial charge in [-0.05, 0) is 12.1 Å². The zero-order valence-electron chi connectivity index (χ0n) is 11.1. The second kappa shape index (κ2) is 6.20. The number of halogens is 1. The van der Waals surface area contributed by atoms with E-state index in [-0.39, 0.29) is 6.04 Å². The lowest BCUT2D eigenvalue weighted by molar-refractivity contribution is 0.424. The molecule has 0 bridgehead atoms. The highest BCUT2D eigenvalue weighted by Gasteiger charge is 2.33. The van der Waals surface area contributed by atoms with Crippen molar-refractivity contribution >= 4 is 46.1 Å². The van der Waals surface area contributed by atoms with E-state index in [4.69, 9.17) is 21.9 Å². The van der Waals surface area contributed by atoms with Crippen LogP contribution in [0.15, 0.2) is 28.7 Å². The van der Waals surface area contributed by atoms with Crippen molar-refractivity contribution in [1.82, 2.24) is 5.43 Å². The molecule has 20 heavy (non-hydrogen) atoms. The molecule has 1 aliphatic rings. The van der Waals surface area contributed by atoms with Crippen LogP contribution in [0.3, 0.4) is 0 Å². The fraction of sp³-hybridized carbons (Fsp3) is 0.429. The first kappa shape index (κ1) is 14.6. The van der Waals surface area contributed by atoms with Gasteiger partial charge in [0.1, 0.15) is 5.76 Å². The van der Waals surface area contributed by atoms with Crippen LogP contribution >= 0.6 is 35.1 Å². The Morgan fingerprint density at radius 1 is 1.40 bits per heavy atom. The maximum absolute atomic E-state index is 6.18. The molecule has 0 aliphatic carbocycles. The van der Waals surface area contributed by atoms with Crippen LogP contribution in [-0.4, -0.2) is 22.0 Å². The standard InChI is InChI=1S/C14H17ClN2OS2/c1-8-14(20-6-5-19-8)12(17-16)11-7-9-3-2-4-10(15)13(9)18-11/h2-4,7-8,12,14,17H,5-6,16H2,1H3. The lowest BCUT2D eigenvalue weighted by atomic mass is 10.1. The van der Waals surface area contributed by atoms with Crippen LogP contribution in [0.2, 0.25) is 5.02 Å². The number of para-hydroxylation sites is 1. The predicted molar refractivity (Wildman–Crippen MR) is 89.5 cm³/mol. The van der Waals surface area contributed by atoms with Crippen LogP contribution < -0.4 is 11.3 Å². The number of nitrogens with one attached hydrogen (secondary N) is 1. The molecule has 3 N–H and O–H groups in total. The largest absolute Gasteiger partial charge is 0.458 e. The summed E-state index contributed by atoms with van der Waals surface area (Å²) in [6.45, 7) is 2.25. The van der Waals surface area contributed by atoms with Crippen LogP contribution in [0.1, 0.15) is 18.7 Å². The highest BCUT2D eigenvalue weighted by atomic mass is 35.5. The third kappa shape index (κ3) is 2.70. The number of hydrogen-bond donors (Lipinski definition) is 2. The molecule has 3 rings (SSSR count).